The van der Waals surface area contributed by atoms with Crippen LogP contribution in [0.25, 0.3) is 0 Å². The van der Waals surface area contributed by atoms with Crippen molar-refractivity contribution in [2.75, 3.05) is 25.6 Å². The molecular formula is C24H32BN5O6. The van der Waals surface area contributed by atoms with Crippen molar-refractivity contribution in [1.29, 1.82) is 5.26 Å². The summed E-state index contributed by atoms with van der Waals surface area (Å²) in [7, 11) is 0.639. The first-order valence-corrected chi connectivity index (χ1v) is 11.8. The summed E-state index contributed by atoms with van der Waals surface area (Å²) in [6.45, 7) is 8.58. The number of nitrogens with zero attached hydrogens (tertiary/aromatic N) is 3. The number of primary amides is 1. The SMILES string of the molecule is COC(O)c1ccc(Nc2nn(C3COCC[C@@H]3C#N)cc2C(N)=O)cc1B1OC(C)(C)C(C)(C)O1. The number of carbonyl (C=O) groups is 1. The molecule has 2 aliphatic heterocycles. The lowest BCUT2D eigenvalue weighted by atomic mass is 9.75. The van der Waals surface area contributed by atoms with E-state index in [0.717, 1.165) is 0 Å². The molecule has 1 aromatic carbocycles. The third-order valence-corrected chi connectivity index (χ3v) is 7.18. The highest BCUT2D eigenvalue weighted by molar-refractivity contribution is 6.62. The van der Waals surface area contributed by atoms with Crippen LogP contribution in [0.15, 0.2) is 24.4 Å². The molecule has 1 amide bonds. The van der Waals surface area contributed by atoms with Crippen LogP contribution in [0.4, 0.5) is 11.5 Å². The second kappa shape index (κ2) is 9.84. The van der Waals surface area contributed by atoms with Crippen LogP contribution in [0.1, 0.15) is 62.4 Å². The zero-order valence-electron chi connectivity index (χ0n) is 21.1. The number of rotatable bonds is 7. The Bertz CT molecular complexity index is 1160. The van der Waals surface area contributed by atoms with Crippen LogP contribution in [0.5, 0.6) is 0 Å². The Hall–Kier alpha value is -2.95. The molecule has 36 heavy (non-hydrogen) atoms. The van der Waals surface area contributed by atoms with E-state index in [9.17, 15) is 15.2 Å². The minimum Gasteiger partial charge on any atom is -0.399 e. The minimum absolute atomic E-state index is 0.176. The van der Waals surface area contributed by atoms with Crippen molar-refractivity contribution in [3.05, 3.63) is 35.5 Å². The van der Waals surface area contributed by atoms with Gasteiger partial charge in [-0.2, -0.15) is 10.4 Å². The number of aromatic nitrogens is 2. The maximum Gasteiger partial charge on any atom is 0.495 e. The van der Waals surface area contributed by atoms with E-state index in [1.807, 2.05) is 27.7 Å². The molecule has 12 heteroatoms. The van der Waals surface area contributed by atoms with Crippen LogP contribution >= 0.6 is 0 Å². The summed E-state index contributed by atoms with van der Waals surface area (Å²) in [6, 6.07) is 7.13. The second-order valence-electron chi connectivity index (χ2n) is 10.0. The van der Waals surface area contributed by atoms with Crippen LogP contribution in [0.2, 0.25) is 0 Å². The number of hydrogen-bond acceptors (Lipinski definition) is 9. The fourth-order valence-corrected chi connectivity index (χ4v) is 4.28. The molecule has 3 heterocycles. The first-order valence-electron chi connectivity index (χ1n) is 11.8. The number of nitrogens with one attached hydrogen (secondary N) is 1. The first-order chi connectivity index (χ1) is 17.0. The largest absolute Gasteiger partial charge is 0.495 e. The van der Waals surface area contributed by atoms with E-state index < -0.39 is 30.5 Å². The van der Waals surface area contributed by atoms with Gasteiger partial charge in [0.15, 0.2) is 12.1 Å². The molecule has 0 spiro atoms. The molecule has 0 radical (unpaired) electrons. The number of ether oxygens (including phenoxy) is 2. The maximum atomic E-state index is 12.2. The smallest absolute Gasteiger partial charge is 0.399 e. The van der Waals surface area contributed by atoms with Gasteiger partial charge in [-0.05, 0) is 51.7 Å². The summed E-state index contributed by atoms with van der Waals surface area (Å²) < 4.78 is 24.7. The number of benzene rings is 1. The number of amides is 1. The summed E-state index contributed by atoms with van der Waals surface area (Å²) in [5, 5.41) is 27.7. The molecule has 2 aliphatic rings. The second-order valence-corrected chi connectivity index (χ2v) is 10.0. The summed E-state index contributed by atoms with van der Waals surface area (Å²) in [5.41, 5.74) is 6.25. The van der Waals surface area contributed by atoms with Crippen molar-refractivity contribution in [3.8, 4) is 6.07 Å². The van der Waals surface area contributed by atoms with E-state index in [0.29, 0.717) is 36.3 Å². The number of carbonyl (C=O) groups excluding carboxylic acids is 1. The van der Waals surface area contributed by atoms with Crippen molar-refractivity contribution < 1.29 is 28.7 Å². The average molecular weight is 497 g/mol. The van der Waals surface area contributed by atoms with Crippen LogP contribution < -0.4 is 16.5 Å². The van der Waals surface area contributed by atoms with Gasteiger partial charge in [-0.1, -0.05) is 6.07 Å². The van der Waals surface area contributed by atoms with Gasteiger partial charge in [0.05, 0.1) is 35.8 Å². The van der Waals surface area contributed by atoms with Crippen LogP contribution in [-0.4, -0.2) is 59.4 Å². The van der Waals surface area contributed by atoms with Crippen molar-refractivity contribution >= 4 is 30.0 Å². The van der Waals surface area contributed by atoms with E-state index in [1.54, 1.807) is 22.9 Å². The number of aliphatic hydroxyl groups is 1. The van der Waals surface area contributed by atoms with Gasteiger partial charge in [0.1, 0.15) is 5.56 Å². The summed E-state index contributed by atoms with van der Waals surface area (Å²) in [4.78, 5) is 12.2. The van der Waals surface area contributed by atoms with Gasteiger partial charge in [0, 0.05) is 31.2 Å². The summed E-state index contributed by atoms with van der Waals surface area (Å²) >= 11 is 0. The Kier molecular flexibility index (Phi) is 7.14. The highest BCUT2D eigenvalue weighted by Crippen LogP contribution is 2.37. The molecule has 0 bridgehead atoms. The molecule has 2 saturated heterocycles. The summed E-state index contributed by atoms with van der Waals surface area (Å²) in [6.07, 6.45) is 0.922. The highest BCUT2D eigenvalue weighted by Gasteiger charge is 2.52. The van der Waals surface area contributed by atoms with Gasteiger partial charge in [-0.25, -0.2) is 0 Å². The Balaban J connectivity index is 1.69. The third-order valence-electron chi connectivity index (χ3n) is 7.18. The Morgan fingerprint density at radius 1 is 1.36 bits per heavy atom. The van der Waals surface area contributed by atoms with E-state index in [1.165, 1.54) is 13.3 Å². The number of hydrogen-bond donors (Lipinski definition) is 3. The van der Waals surface area contributed by atoms with E-state index in [-0.39, 0.29) is 23.3 Å². The minimum atomic E-state index is -1.19. The number of nitrogens with two attached hydrogens (primary N) is 1. The van der Waals surface area contributed by atoms with Gasteiger partial charge < -0.3 is 34.9 Å². The molecule has 192 valence electrons. The zero-order chi connectivity index (χ0) is 26.3. The fraction of sp³-hybridized carbons (Fsp3) is 0.542. The summed E-state index contributed by atoms with van der Waals surface area (Å²) in [5.74, 6) is -0.715. The topological polar surface area (TPSA) is 154 Å². The van der Waals surface area contributed by atoms with Gasteiger partial charge in [0.2, 0.25) is 0 Å². The molecule has 4 rings (SSSR count). The van der Waals surface area contributed by atoms with Crippen LogP contribution in [0.3, 0.4) is 0 Å². The monoisotopic (exact) mass is 497 g/mol. The average Bonchev–Trinajstić information content (AvgIpc) is 3.35. The van der Waals surface area contributed by atoms with Crippen LogP contribution in [0, 0.1) is 17.2 Å². The maximum absolute atomic E-state index is 12.2. The molecule has 3 atom stereocenters. The Morgan fingerprint density at radius 3 is 2.67 bits per heavy atom. The van der Waals surface area contributed by atoms with E-state index in [4.69, 9.17) is 24.5 Å². The Morgan fingerprint density at radius 2 is 2.06 bits per heavy atom. The molecule has 2 aromatic rings. The van der Waals surface area contributed by atoms with Crippen molar-refractivity contribution in [2.24, 2.45) is 11.7 Å². The molecule has 0 aliphatic carbocycles. The predicted molar refractivity (Wildman–Crippen MR) is 132 cm³/mol. The Labute approximate surface area is 210 Å². The van der Waals surface area contributed by atoms with Gasteiger partial charge in [-0.15, -0.1) is 0 Å². The molecular weight excluding hydrogens is 465 g/mol. The number of aliphatic hydroxyl groups excluding tert-OH is 1. The first kappa shape index (κ1) is 26.1. The van der Waals surface area contributed by atoms with Crippen molar-refractivity contribution in [1.82, 2.24) is 9.78 Å². The number of nitriles is 1. The highest BCUT2D eigenvalue weighted by atomic mass is 16.7. The molecule has 4 N–H and O–H groups in total. The van der Waals surface area contributed by atoms with E-state index >= 15 is 0 Å². The number of anilines is 2. The normalized spacial score (nSPS) is 23.8. The standard InChI is InChI=1S/C24H32BN5O6/c1-23(2)24(3,4)36-25(35-23)18-10-15(6-7-16(18)22(32)33-5)28-21-17(20(27)31)12-30(29-21)19-13-34-9-8-14(19)11-26/h6-7,10,12,14,19,22,32H,8-9,13H2,1-5H3,(H2,27,31)(H,28,29)/t14-,19?,22?/m1/s1. The van der Waals surface area contributed by atoms with Gasteiger partial charge >= 0.3 is 7.12 Å². The van der Waals surface area contributed by atoms with E-state index in [2.05, 4.69) is 16.5 Å². The van der Waals surface area contributed by atoms with Gasteiger partial charge in [0.25, 0.3) is 5.91 Å². The fourth-order valence-electron chi connectivity index (χ4n) is 4.28. The lowest BCUT2D eigenvalue weighted by Gasteiger charge is -2.32. The lowest BCUT2D eigenvalue weighted by molar-refractivity contribution is -0.0763. The zero-order valence-corrected chi connectivity index (χ0v) is 21.1. The molecule has 2 unspecified atom stereocenters. The lowest BCUT2D eigenvalue weighted by Crippen LogP contribution is -2.41. The van der Waals surface area contributed by atoms with Crippen molar-refractivity contribution in [3.63, 3.8) is 0 Å². The third kappa shape index (κ3) is 4.85. The number of methoxy groups -OCH3 is 1. The van der Waals surface area contributed by atoms with Crippen molar-refractivity contribution in [2.45, 2.75) is 57.6 Å². The van der Waals surface area contributed by atoms with Gasteiger partial charge in [-0.3, -0.25) is 9.48 Å². The molecule has 2 fully saturated rings. The molecule has 1 aromatic heterocycles. The van der Waals surface area contributed by atoms with Crippen LogP contribution in [-0.2, 0) is 18.8 Å². The quantitative estimate of drug-likeness (QED) is 0.384. The molecule has 0 saturated carbocycles. The molecule has 11 nitrogen and oxygen atoms in total. The predicted octanol–water partition coefficient (Wildman–Crippen LogP) is 1.76.